The molecule has 0 amide bonds. The van der Waals surface area contributed by atoms with Crippen LogP contribution in [0.1, 0.15) is 19.4 Å². The van der Waals surface area contributed by atoms with Crippen molar-refractivity contribution in [1.82, 2.24) is 9.97 Å². The van der Waals surface area contributed by atoms with E-state index in [-0.39, 0.29) is 5.54 Å². The molecule has 0 radical (unpaired) electrons. The molecule has 0 spiro atoms. The highest BCUT2D eigenvalue weighted by Crippen LogP contribution is 2.25. The highest BCUT2D eigenvalue weighted by molar-refractivity contribution is 7.98. The topological polar surface area (TPSA) is 63.8 Å². The van der Waals surface area contributed by atoms with Crippen molar-refractivity contribution in [2.45, 2.75) is 24.5 Å². The summed E-state index contributed by atoms with van der Waals surface area (Å²) in [7, 11) is 0. The second kappa shape index (κ2) is 5.48. The quantitative estimate of drug-likeness (QED) is 0.509. The number of nitrogen functional groups attached to an aromatic ring is 1. The maximum atomic E-state index is 5.72. The molecule has 0 aliphatic heterocycles. The van der Waals surface area contributed by atoms with Crippen LogP contribution in [0.3, 0.4) is 0 Å². The summed E-state index contributed by atoms with van der Waals surface area (Å²) in [5.74, 6) is 0.821. The summed E-state index contributed by atoms with van der Waals surface area (Å²) >= 11 is 1.53. The van der Waals surface area contributed by atoms with Crippen molar-refractivity contribution in [3.8, 4) is 0 Å². The maximum Gasteiger partial charge on any atom is 0.189 e. The Morgan fingerprint density at radius 2 is 1.84 bits per heavy atom. The summed E-state index contributed by atoms with van der Waals surface area (Å²) < 4.78 is 0. The van der Waals surface area contributed by atoms with Gasteiger partial charge in [0.1, 0.15) is 5.82 Å². The molecule has 2 rings (SSSR count). The molecule has 2 aromatic rings. The van der Waals surface area contributed by atoms with Crippen LogP contribution in [-0.4, -0.2) is 16.2 Å². The molecule has 1 aromatic heterocycles. The average molecular weight is 274 g/mol. The minimum atomic E-state index is -0.224. The zero-order valence-electron chi connectivity index (χ0n) is 11.3. The second-order valence-electron chi connectivity index (χ2n) is 4.80. The molecule has 0 saturated heterocycles. The van der Waals surface area contributed by atoms with Crippen LogP contribution in [0, 0.1) is 0 Å². The van der Waals surface area contributed by atoms with Crippen LogP contribution >= 0.6 is 11.8 Å². The van der Waals surface area contributed by atoms with Crippen LogP contribution in [0.4, 0.5) is 11.5 Å². The monoisotopic (exact) mass is 274 g/mol. The van der Waals surface area contributed by atoms with Crippen molar-refractivity contribution in [3.05, 3.63) is 42.1 Å². The van der Waals surface area contributed by atoms with Gasteiger partial charge >= 0.3 is 0 Å². The van der Waals surface area contributed by atoms with Gasteiger partial charge in [0.15, 0.2) is 5.16 Å². The van der Waals surface area contributed by atoms with E-state index < -0.39 is 0 Å². The lowest BCUT2D eigenvalue weighted by Gasteiger charge is -2.27. The number of anilines is 2. The Hall–Kier alpha value is -1.75. The largest absolute Gasteiger partial charge is 0.399 e. The number of benzene rings is 1. The highest BCUT2D eigenvalue weighted by atomic mass is 32.2. The molecule has 100 valence electrons. The van der Waals surface area contributed by atoms with E-state index in [2.05, 4.69) is 29.1 Å². The molecule has 0 atom stereocenters. The van der Waals surface area contributed by atoms with Gasteiger partial charge in [0, 0.05) is 11.9 Å². The van der Waals surface area contributed by atoms with Gasteiger partial charge in [0.2, 0.25) is 0 Å². The third-order valence-corrected chi connectivity index (χ3v) is 3.45. The number of aromatic nitrogens is 2. The first-order valence-corrected chi connectivity index (χ1v) is 7.25. The number of hydrogen-bond acceptors (Lipinski definition) is 5. The van der Waals surface area contributed by atoms with Crippen molar-refractivity contribution < 1.29 is 0 Å². The fourth-order valence-electron chi connectivity index (χ4n) is 1.80. The van der Waals surface area contributed by atoms with Gasteiger partial charge in [-0.05, 0) is 43.9 Å². The van der Waals surface area contributed by atoms with E-state index >= 15 is 0 Å². The van der Waals surface area contributed by atoms with Crippen LogP contribution in [0.5, 0.6) is 0 Å². The van der Waals surface area contributed by atoms with Crippen molar-refractivity contribution >= 4 is 23.3 Å². The standard InChI is InChI=1S/C14H18N4S/c1-14(2,10-4-6-11(15)7-5-10)18-12-8-9-16-13(17-12)19-3/h4-9H,15H2,1-3H3,(H,16,17,18). The van der Waals surface area contributed by atoms with E-state index in [0.29, 0.717) is 0 Å². The fraction of sp³-hybridized carbons (Fsp3) is 0.286. The first kappa shape index (κ1) is 13.7. The molecule has 19 heavy (non-hydrogen) atoms. The van der Waals surface area contributed by atoms with Gasteiger partial charge in [-0.15, -0.1) is 0 Å². The summed E-state index contributed by atoms with van der Waals surface area (Å²) in [5.41, 5.74) is 7.42. The van der Waals surface area contributed by atoms with Crippen LogP contribution in [0.15, 0.2) is 41.7 Å². The van der Waals surface area contributed by atoms with Gasteiger partial charge < -0.3 is 11.1 Å². The van der Waals surface area contributed by atoms with Gasteiger partial charge in [0.05, 0.1) is 5.54 Å². The number of rotatable bonds is 4. The van der Waals surface area contributed by atoms with Gasteiger partial charge in [-0.1, -0.05) is 23.9 Å². The van der Waals surface area contributed by atoms with E-state index in [1.807, 2.05) is 36.6 Å². The van der Waals surface area contributed by atoms with Crippen molar-refractivity contribution in [3.63, 3.8) is 0 Å². The Kier molecular flexibility index (Phi) is 3.95. The molecule has 3 N–H and O–H groups in total. The van der Waals surface area contributed by atoms with E-state index in [0.717, 1.165) is 22.2 Å². The normalized spacial score (nSPS) is 11.3. The zero-order valence-corrected chi connectivity index (χ0v) is 12.2. The van der Waals surface area contributed by atoms with E-state index in [4.69, 9.17) is 5.73 Å². The minimum absolute atomic E-state index is 0.224. The molecule has 0 saturated carbocycles. The van der Waals surface area contributed by atoms with Crippen LogP contribution in [0.2, 0.25) is 0 Å². The van der Waals surface area contributed by atoms with Gasteiger partial charge in [-0.3, -0.25) is 0 Å². The molecule has 4 nitrogen and oxygen atoms in total. The Balaban J connectivity index is 2.22. The lowest BCUT2D eigenvalue weighted by Crippen LogP contribution is -2.28. The summed E-state index contributed by atoms with van der Waals surface area (Å²) in [6.07, 6.45) is 3.73. The SMILES string of the molecule is CSc1nccc(NC(C)(C)c2ccc(N)cc2)n1. The van der Waals surface area contributed by atoms with Crippen molar-refractivity contribution in [2.75, 3.05) is 17.3 Å². The van der Waals surface area contributed by atoms with Crippen LogP contribution < -0.4 is 11.1 Å². The number of nitrogens with one attached hydrogen (secondary N) is 1. The smallest absolute Gasteiger partial charge is 0.189 e. The number of hydrogen-bond donors (Lipinski definition) is 2. The fourth-order valence-corrected chi connectivity index (χ4v) is 2.16. The first-order chi connectivity index (χ1) is 9.01. The summed E-state index contributed by atoms with van der Waals surface area (Å²) in [6, 6.07) is 9.74. The molecule has 5 heteroatoms. The van der Waals surface area contributed by atoms with Gasteiger partial charge in [0.25, 0.3) is 0 Å². The summed E-state index contributed by atoms with van der Waals surface area (Å²) in [4.78, 5) is 8.60. The highest BCUT2D eigenvalue weighted by Gasteiger charge is 2.20. The van der Waals surface area contributed by atoms with E-state index in [1.165, 1.54) is 11.8 Å². The summed E-state index contributed by atoms with van der Waals surface area (Å²) in [6.45, 7) is 4.22. The summed E-state index contributed by atoms with van der Waals surface area (Å²) in [5, 5.41) is 4.19. The van der Waals surface area contributed by atoms with Gasteiger partial charge in [-0.2, -0.15) is 0 Å². The van der Waals surface area contributed by atoms with Crippen LogP contribution in [-0.2, 0) is 5.54 Å². The average Bonchev–Trinajstić information content (AvgIpc) is 2.39. The predicted octanol–water partition coefficient (Wildman–Crippen LogP) is 3.13. The maximum absolute atomic E-state index is 5.72. The number of nitrogens with two attached hydrogens (primary N) is 1. The molecule has 0 fully saturated rings. The lowest BCUT2D eigenvalue weighted by atomic mass is 9.94. The molecule has 0 unspecified atom stereocenters. The Bertz CT molecular complexity index is 552. The Labute approximate surface area is 117 Å². The van der Waals surface area contributed by atoms with Crippen LogP contribution in [0.25, 0.3) is 0 Å². The number of nitrogens with zero attached hydrogens (tertiary/aromatic N) is 2. The third-order valence-electron chi connectivity index (χ3n) is 2.89. The minimum Gasteiger partial charge on any atom is -0.399 e. The Morgan fingerprint density at radius 3 is 2.47 bits per heavy atom. The lowest BCUT2D eigenvalue weighted by molar-refractivity contribution is 0.604. The van der Waals surface area contributed by atoms with Crippen molar-refractivity contribution in [1.29, 1.82) is 0 Å². The van der Waals surface area contributed by atoms with Crippen molar-refractivity contribution in [2.24, 2.45) is 0 Å². The van der Waals surface area contributed by atoms with E-state index in [1.54, 1.807) is 6.20 Å². The van der Waals surface area contributed by atoms with E-state index in [9.17, 15) is 0 Å². The number of thioether (sulfide) groups is 1. The van der Waals surface area contributed by atoms with Gasteiger partial charge in [-0.25, -0.2) is 9.97 Å². The molecular weight excluding hydrogens is 256 g/mol. The molecule has 1 aromatic carbocycles. The third kappa shape index (κ3) is 3.38. The molecule has 0 aliphatic carbocycles. The Morgan fingerprint density at radius 1 is 1.16 bits per heavy atom. The second-order valence-corrected chi connectivity index (χ2v) is 5.57. The predicted molar refractivity (Wildman–Crippen MR) is 81.3 cm³/mol. The first-order valence-electron chi connectivity index (χ1n) is 6.02. The molecule has 0 bridgehead atoms. The molecule has 0 aliphatic rings. The zero-order chi connectivity index (χ0) is 13.9. The molecular formula is C14H18N4S. The molecule has 1 heterocycles.